The molecule has 6 nitrogen and oxygen atoms in total. The quantitative estimate of drug-likeness (QED) is 0.786. The minimum atomic E-state index is -1.34. The molecule has 110 valence electrons. The van der Waals surface area contributed by atoms with Crippen molar-refractivity contribution >= 4 is 38.7 Å². The van der Waals surface area contributed by atoms with Crippen LogP contribution < -0.4 is 5.32 Å². The van der Waals surface area contributed by atoms with Gasteiger partial charge in [-0.05, 0) is 18.2 Å². The average molecular weight is 353 g/mol. The van der Waals surface area contributed by atoms with E-state index in [9.17, 15) is 14.7 Å². The van der Waals surface area contributed by atoms with Crippen molar-refractivity contribution in [1.82, 2.24) is 10.3 Å². The molecule has 1 fully saturated rings. The van der Waals surface area contributed by atoms with Gasteiger partial charge in [-0.2, -0.15) is 0 Å². The van der Waals surface area contributed by atoms with Crippen molar-refractivity contribution in [2.75, 3.05) is 13.2 Å². The number of carboxylic acids is 1. The summed E-state index contributed by atoms with van der Waals surface area (Å²) in [5.41, 5.74) is -0.202. The van der Waals surface area contributed by atoms with Gasteiger partial charge >= 0.3 is 5.97 Å². The maximum Gasteiger partial charge on any atom is 0.331 e. The Balaban J connectivity index is 1.88. The summed E-state index contributed by atoms with van der Waals surface area (Å²) in [6.07, 6.45) is 0.264. The smallest absolute Gasteiger partial charge is 0.331 e. The van der Waals surface area contributed by atoms with Crippen LogP contribution in [0.15, 0.2) is 28.7 Å². The summed E-state index contributed by atoms with van der Waals surface area (Å²) < 4.78 is 6.02. The number of carbonyl (C=O) groups is 2. The highest BCUT2D eigenvalue weighted by molar-refractivity contribution is 9.10. The van der Waals surface area contributed by atoms with Crippen molar-refractivity contribution in [3.05, 3.63) is 34.4 Å². The van der Waals surface area contributed by atoms with Crippen molar-refractivity contribution in [2.24, 2.45) is 0 Å². The summed E-state index contributed by atoms with van der Waals surface area (Å²) in [5.74, 6) is -1.53. The second-order valence-electron chi connectivity index (χ2n) is 5.06. The molecule has 1 atom stereocenters. The summed E-state index contributed by atoms with van der Waals surface area (Å²) in [7, 11) is 0. The average Bonchev–Trinajstić information content (AvgIpc) is 3.05. The van der Waals surface area contributed by atoms with E-state index in [0.29, 0.717) is 12.3 Å². The number of aromatic amines is 1. The van der Waals surface area contributed by atoms with Gasteiger partial charge in [0, 0.05) is 28.4 Å². The van der Waals surface area contributed by atoms with Crippen molar-refractivity contribution < 1.29 is 19.4 Å². The van der Waals surface area contributed by atoms with Crippen LogP contribution >= 0.6 is 15.9 Å². The molecule has 2 aromatic rings. The van der Waals surface area contributed by atoms with Gasteiger partial charge in [0.1, 0.15) is 5.69 Å². The third kappa shape index (κ3) is 2.54. The Hall–Kier alpha value is -1.86. The molecule has 1 aromatic heterocycles. The van der Waals surface area contributed by atoms with Gasteiger partial charge in [0.25, 0.3) is 5.91 Å². The van der Waals surface area contributed by atoms with Gasteiger partial charge in [-0.3, -0.25) is 4.79 Å². The molecule has 1 amide bonds. The molecule has 1 aliphatic rings. The lowest BCUT2D eigenvalue weighted by atomic mass is 9.99. The van der Waals surface area contributed by atoms with Gasteiger partial charge < -0.3 is 20.1 Å². The van der Waals surface area contributed by atoms with Gasteiger partial charge in [0.2, 0.25) is 0 Å². The van der Waals surface area contributed by atoms with Gasteiger partial charge in [0.05, 0.1) is 6.61 Å². The van der Waals surface area contributed by atoms with E-state index in [1.54, 1.807) is 6.07 Å². The topological polar surface area (TPSA) is 91.4 Å². The number of fused-ring (bicyclic) bond motifs is 1. The van der Waals surface area contributed by atoms with Crippen molar-refractivity contribution in [1.29, 1.82) is 0 Å². The van der Waals surface area contributed by atoms with Crippen molar-refractivity contribution in [3.8, 4) is 0 Å². The number of nitrogens with one attached hydrogen (secondary N) is 2. The zero-order valence-corrected chi connectivity index (χ0v) is 12.6. The highest BCUT2D eigenvalue weighted by atomic mass is 79.9. The lowest BCUT2D eigenvalue weighted by molar-refractivity contribution is -0.144. The van der Waals surface area contributed by atoms with Crippen LogP contribution in [0.4, 0.5) is 0 Å². The fourth-order valence-corrected chi connectivity index (χ4v) is 2.75. The maximum atomic E-state index is 12.3. The summed E-state index contributed by atoms with van der Waals surface area (Å²) in [6.45, 7) is 0.312. The largest absolute Gasteiger partial charge is 0.479 e. The maximum absolute atomic E-state index is 12.3. The van der Waals surface area contributed by atoms with Gasteiger partial charge in [-0.1, -0.05) is 22.0 Å². The van der Waals surface area contributed by atoms with Crippen LogP contribution in [0.2, 0.25) is 0 Å². The van der Waals surface area contributed by atoms with Crippen LogP contribution in [0, 0.1) is 0 Å². The van der Waals surface area contributed by atoms with Crippen molar-refractivity contribution in [2.45, 2.75) is 12.0 Å². The Kier molecular flexibility index (Phi) is 3.46. The van der Waals surface area contributed by atoms with Gasteiger partial charge in [-0.25, -0.2) is 4.79 Å². The summed E-state index contributed by atoms with van der Waals surface area (Å²) in [5, 5.41) is 12.8. The first kappa shape index (κ1) is 14.1. The fraction of sp³-hybridized carbons (Fsp3) is 0.286. The SMILES string of the molecule is O=C(NC1(C(=O)O)CCOC1)c1cc2ccc(Br)cc2[nH]1. The first-order valence-corrected chi connectivity index (χ1v) is 7.21. The molecule has 1 aliphatic heterocycles. The first-order chi connectivity index (χ1) is 10.00. The van der Waals surface area contributed by atoms with E-state index in [1.165, 1.54) is 0 Å². The Morgan fingerprint density at radius 3 is 2.86 bits per heavy atom. The second-order valence-corrected chi connectivity index (χ2v) is 5.97. The number of carboxylic acid groups (broad SMARTS) is 1. The second kappa shape index (κ2) is 5.16. The predicted molar refractivity (Wildman–Crippen MR) is 79.3 cm³/mol. The number of hydrogen-bond acceptors (Lipinski definition) is 3. The molecule has 0 aliphatic carbocycles. The standard InChI is InChI=1S/C14H13BrN2O4/c15-9-2-1-8-5-11(16-10(8)6-9)12(18)17-14(13(19)20)3-4-21-7-14/h1-2,5-6,16H,3-4,7H2,(H,17,18)(H,19,20). The molecule has 21 heavy (non-hydrogen) atoms. The van der Waals surface area contributed by atoms with E-state index < -0.39 is 17.4 Å². The van der Waals surface area contributed by atoms with E-state index >= 15 is 0 Å². The minimum absolute atomic E-state index is 0.0140. The summed E-state index contributed by atoms with van der Waals surface area (Å²) >= 11 is 3.36. The number of benzene rings is 1. The molecule has 3 N–H and O–H groups in total. The number of aliphatic carboxylic acids is 1. The summed E-state index contributed by atoms with van der Waals surface area (Å²) in [4.78, 5) is 26.7. The molecule has 1 saturated heterocycles. The molecule has 7 heteroatoms. The van der Waals surface area contributed by atoms with E-state index in [0.717, 1.165) is 15.4 Å². The van der Waals surface area contributed by atoms with Crippen LogP contribution in [-0.4, -0.2) is 40.7 Å². The fourth-order valence-electron chi connectivity index (χ4n) is 2.39. The van der Waals surface area contributed by atoms with E-state index in [-0.39, 0.29) is 13.0 Å². The molecule has 0 bridgehead atoms. The summed E-state index contributed by atoms with van der Waals surface area (Å²) in [6, 6.07) is 7.31. The number of ether oxygens (including phenoxy) is 1. The van der Waals surface area contributed by atoms with E-state index in [1.807, 2.05) is 18.2 Å². The van der Waals surface area contributed by atoms with Crippen LogP contribution in [-0.2, 0) is 9.53 Å². The molecular weight excluding hydrogens is 340 g/mol. The van der Waals surface area contributed by atoms with E-state index in [4.69, 9.17) is 4.74 Å². The van der Waals surface area contributed by atoms with Gasteiger partial charge in [0.15, 0.2) is 5.54 Å². The van der Waals surface area contributed by atoms with Crippen LogP contribution in [0.25, 0.3) is 10.9 Å². The Bertz CT molecular complexity index is 719. The number of halogens is 1. The molecule has 0 saturated carbocycles. The normalized spacial score (nSPS) is 21.6. The Morgan fingerprint density at radius 2 is 2.19 bits per heavy atom. The number of rotatable bonds is 3. The number of carbonyl (C=O) groups excluding carboxylic acids is 1. The molecule has 1 unspecified atom stereocenters. The number of H-pyrrole nitrogens is 1. The molecule has 0 radical (unpaired) electrons. The van der Waals surface area contributed by atoms with Crippen LogP contribution in [0.5, 0.6) is 0 Å². The van der Waals surface area contributed by atoms with E-state index in [2.05, 4.69) is 26.2 Å². The third-order valence-electron chi connectivity index (χ3n) is 3.61. The monoisotopic (exact) mass is 352 g/mol. The zero-order valence-electron chi connectivity index (χ0n) is 11.0. The Labute approximate surface area is 128 Å². The Morgan fingerprint density at radius 1 is 1.38 bits per heavy atom. The third-order valence-corrected chi connectivity index (χ3v) is 4.11. The minimum Gasteiger partial charge on any atom is -0.479 e. The number of hydrogen-bond donors (Lipinski definition) is 3. The highest BCUT2D eigenvalue weighted by Crippen LogP contribution is 2.22. The molecule has 0 spiro atoms. The van der Waals surface area contributed by atoms with Crippen molar-refractivity contribution in [3.63, 3.8) is 0 Å². The molecule has 2 heterocycles. The first-order valence-electron chi connectivity index (χ1n) is 6.42. The van der Waals surface area contributed by atoms with Crippen LogP contribution in [0.3, 0.4) is 0 Å². The molecular formula is C14H13BrN2O4. The lowest BCUT2D eigenvalue weighted by Gasteiger charge is -2.23. The van der Waals surface area contributed by atoms with Crippen LogP contribution in [0.1, 0.15) is 16.9 Å². The molecule has 3 rings (SSSR count). The zero-order chi connectivity index (χ0) is 15.0. The number of amides is 1. The lowest BCUT2D eigenvalue weighted by Crippen LogP contribution is -2.55. The number of aromatic nitrogens is 1. The molecule has 1 aromatic carbocycles. The predicted octanol–water partition coefficient (Wildman–Crippen LogP) is 1.90. The van der Waals surface area contributed by atoms with Gasteiger partial charge in [-0.15, -0.1) is 0 Å². The highest BCUT2D eigenvalue weighted by Gasteiger charge is 2.44.